The number of carbonyl (C=O) groups excluding carboxylic acids is 1. The summed E-state index contributed by atoms with van der Waals surface area (Å²) in [5.41, 5.74) is 20.5. The van der Waals surface area contributed by atoms with Crippen molar-refractivity contribution in [2.45, 2.75) is 117 Å². The number of rotatable bonds is 85. The van der Waals surface area contributed by atoms with Crippen LogP contribution in [-0.4, -0.2) is 366 Å². The number of anilines is 2. The van der Waals surface area contributed by atoms with Crippen LogP contribution >= 0.6 is 0 Å². The Kier molecular flexibility index (Phi) is 66.3. The number of carbonyl (C=O) groups is 2. The molecule has 0 saturated heterocycles. The van der Waals surface area contributed by atoms with Crippen LogP contribution in [0.1, 0.15) is 114 Å². The number of carboxylic acids is 1. The Morgan fingerprint density at radius 2 is 0.596 bits per heavy atom. The van der Waals surface area contributed by atoms with Crippen molar-refractivity contribution in [2.75, 3.05) is 316 Å². The van der Waals surface area contributed by atoms with Crippen LogP contribution in [-0.2, 0) is 130 Å². The van der Waals surface area contributed by atoms with Gasteiger partial charge in [-0.2, -0.15) is 17.6 Å². The number of nitrogen functional groups attached to an aromatic ring is 2. The lowest BCUT2D eigenvalue weighted by Crippen LogP contribution is -2.25. The highest BCUT2D eigenvalue weighted by atomic mass is 19.2. The number of likely N-dealkylation sites (N-methyl/N-ethyl adjacent to an activating group) is 2. The van der Waals surface area contributed by atoms with E-state index in [0.29, 0.717) is 249 Å². The van der Waals surface area contributed by atoms with Crippen molar-refractivity contribution in [2.24, 2.45) is 0 Å². The number of nitrogens with two attached hydrogens (primary N) is 2. The van der Waals surface area contributed by atoms with Gasteiger partial charge in [-0.3, -0.25) is 9.59 Å². The molecule has 4 heterocycles. The number of imidazole rings is 2. The molecule has 8 aromatic rings. The van der Waals surface area contributed by atoms with Gasteiger partial charge in [0.15, 0.2) is 29.0 Å². The zero-order valence-electron chi connectivity index (χ0n) is 82.2. The normalized spacial score (nSPS) is 11.7. The minimum atomic E-state index is -1.79. The van der Waals surface area contributed by atoms with Crippen LogP contribution in [0.15, 0.2) is 48.5 Å². The minimum Gasteiger partial charge on any atom is -0.503 e. The third-order valence-electron chi connectivity index (χ3n) is 20.9. The van der Waals surface area contributed by atoms with Crippen molar-refractivity contribution >= 4 is 67.4 Å². The van der Waals surface area contributed by atoms with Gasteiger partial charge in [0.1, 0.15) is 45.4 Å². The standard InChI is InChI=1S/C49H73F4N5O12.C43H73N5O12.C6H2F4O/c1-3-4-9-42-56-46-38-11-10-37(35-41(38)55-49(54)47(46)57-42)8-6-5-7-13-58(2)14-16-61-18-20-63-22-24-65-26-28-67-30-32-69-34-33-68-31-29-66-27-25-64-23-21-62-19-17-60-15-12-43(59)70-48-44(52)39(50)36-40(51)45(48)53;1-3-4-9-39-46-41-37-11-10-36(35-38(37)45-43(44)42(41)47-39)8-6-5-7-13-48(2)14-16-52-18-20-54-22-24-56-26-28-58-30-32-60-34-33-59-31-29-57-27-25-55-23-21-53-19-17-51-15-12-40(49)50;7-2-1-3(8)5(10)6(11)4(2)9/h10-11,35-36H,3-9,12-34H2,1-2H3,(H2,54,55)(H,56,57);10-11,35H,3-9,12-34H2,1-2H3,(H2,44,45)(H,46,47)(H,49,50);1,11H. The number of aromatic amines is 2. The summed E-state index contributed by atoms with van der Waals surface area (Å²) < 4.78 is 216. The predicted octanol–water partition coefficient (Wildman–Crippen LogP) is 12.7. The number of aliphatic carboxylic acids is 1. The van der Waals surface area contributed by atoms with Crippen molar-refractivity contribution < 1.29 is 154 Å². The van der Waals surface area contributed by atoms with E-state index in [0.717, 1.165) is 165 Å². The van der Waals surface area contributed by atoms with E-state index in [1.807, 2.05) is 0 Å². The summed E-state index contributed by atoms with van der Waals surface area (Å²) in [6.07, 6.45) is 14.8. The Morgan fingerprint density at radius 3 is 0.879 bits per heavy atom. The van der Waals surface area contributed by atoms with Gasteiger partial charge in [-0.05, 0) is 102 Å². The molecule has 4 aromatic carbocycles. The molecular formula is C98H148F8N10O25. The Labute approximate surface area is 820 Å². The summed E-state index contributed by atoms with van der Waals surface area (Å²) in [4.78, 5) is 52.5. The zero-order chi connectivity index (χ0) is 101. The number of ether oxygens (including phenoxy) is 21. The Morgan fingerprint density at radius 1 is 0.326 bits per heavy atom. The highest BCUT2D eigenvalue weighted by molar-refractivity contribution is 6.07. The Balaban J connectivity index is 0.000000392. The van der Waals surface area contributed by atoms with Crippen LogP contribution in [0.25, 0.3) is 43.9 Å². The number of nitrogens with zero attached hydrogens (tertiary/aromatic N) is 6. The van der Waals surface area contributed by atoms with Gasteiger partial charge in [0.25, 0.3) is 0 Å². The molecule has 0 saturated carbocycles. The molecule has 0 aliphatic rings. The van der Waals surface area contributed by atoms with E-state index in [1.165, 1.54) is 17.5 Å². The summed E-state index contributed by atoms with van der Waals surface area (Å²) in [5.74, 6) is -15.8. The van der Waals surface area contributed by atoms with Gasteiger partial charge in [-0.25, -0.2) is 37.5 Å². The van der Waals surface area contributed by atoms with Crippen LogP contribution in [0, 0.1) is 46.5 Å². The molecule has 0 atom stereocenters. The SMILES string of the molecule is CCCCc1nc2c([nH]1)c(N)nc1cc(CCCCCN(C)CCOCCOCCOCCOCCOCCOCCOCCOCCOCCOCCC(=O)O)ccc12.CCCCc1nc2c([nH]1)c(N)nc1cc(CCCCCN(C)CCOCCOCCOCCOCCOCCOCCOCCOCCOCCOCCC(=O)Oc3c(F)c(F)cc(F)c3F)ccc12.Oc1c(F)c(F)cc(F)c1F. The number of phenolic OH excluding ortho intramolecular Hbond substituents is 1. The third-order valence-corrected chi connectivity index (χ3v) is 20.9. The van der Waals surface area contributed by atoms with E-state index >= 15 is 0 Å². The number of aromatic nitrogens is 6. The minimum absolute atomic E-state index is 0.00326. The summed E-state index contributed by atoms with van der Waals surface area (Å²) in [6.45, 7) is 25.7. The summed E-state index contributed by atoms with van der Waals surface area (Å²) in [7, 11) is 4.27. The van der Waals surface area contributed by atoms with Gasteiger partial charge < -0.3 is 141 Å². The number of hydrogen-bond donors (Lipinski definition) is 6. The first-order valence-corrected chi connectivity index (χ1v) is 48.5. The molecule has 8 N–H and O–H groups in total. The quantitative estimate of drug-likeness (QED) is 0.00678. The largest absolute Gasteiger partial charge is 0.503 e. The second-order valence-electron chi connectivity index (χ2n) is 32.2. The third kappa shape index (κ3) is 53.3. The van der Waals surface area contributed by atoms with Crippen molar-refractivity contribution in [3.63, 3.8) is 0 Å². The van der Waals surface area contributed by atoms with Crippen LogP contribution in [0.3, 0.4) is 0 Å². The van der Waals surface area contributed by atoms with E-state index in [1.54, 1.807) is 0 Å². The molecule has 796 valence electrons. The van der Waals surface area contributed by atoms with E-state index < -0.39 is 76.4 Å². The molecule has 0 unspecified atom stereocenters. The molecule has 0 radical (unpaired) electrons. The van der Waals surface area contributed by atoms with Crippen LogP contribution in [0.5, 0.6) is 11.5 Å². The lowest BCUT2D eigenvalue weighted by Gasteiger charge is -2.16. The molecule has 4 aromatic heterocycles. The predicted molar refractivity (Wildman–Crippen MR) is 512 cm³/mol. The fourth-order valence-corrected chi connectivity index (χ4v) is 13.2. The Bertz CT molecular complexity index is 4610. The molecule has 43 heteroatoms. The maximum Gasteiger partial charge on any atom is 0.313 e. The smallest absolute Gasteiger partial charge is 0.313 e. The fraction of sp³-hybridized carbons (Fsp3) is 0.653. The number of pyridine rings is 2. The number of unbranched alkanes of at least 4 members (excludes halogenated alkanes) is 6. The van der Waals surface area contributed by atoms with Gasteiger partial charge in [-0.1, -0.05) is 63.8 Å². The lowest BCUT2D eigenvalue weighted by atomic mass is 10.0. The molecule has 0 amide bonds. The second-order valence-corrected chi connectivity index (χ2v) is 32.2. The first-order valence-electron chi connectivity index (χ1n) is 48.5. The summed E-state index contributed by atoms with van der Waals surface area (Å²) >= 11 is 0. The van der Waals surface area contributed by atoms with E-state index in [2.05, 4.69) is 98.8 Å². The number of halogens is 8. The van der Waals surface area contributed by atoms with Crippen molar-refractivity contribution in [3.05, 3.63) is 118 Å². The summed E-state index contributed by atoms with van der Waals surface area (Å²) in [6, 6.07) is 13.0. The number of aromatic hydroxyl groups is 1. The molecule has 8 rings (SSSR count). The van der Waals surface area contributed by atoms with Crippen LogP contribution < -0.4 is 16.2 Å². The van der Waals surface area contributed by atoms with Gasteiger partial charge in [-0.15, -0.1) is 0 Å². The molecule has 0 fully saturated rings. The molecular weight excluding hydrogens is 1870 g/mol. The van der Waals surface area contributed by atoms with Gasteiger partial charge in [0.05, 0.1) is 288 Å². The van der Waals surface area contributed by atoms with Gasteiger partial charge in [0, 0.05) is 48.8 Å². The van der Waals surface area contributed by atoms with Gasteiger partial charge >= 0.3 is 11.9 Å². The molecule has 35 nitrogen and oxygen atoms in total. The van der Waals surface area contributed by atoms with Crippen LogP contribution in [0.2, 0.25) is 0 Å². The van der Waals surface area contributed by atoms with E-state index in [-0.39, 0.29) is 45.0 Å². The maximum absolute atomic E-state index is 13.6. The molecule has 141 heavy (non-hydrogen) atoms. The number of aryl methyl sites for hydroxylation is 4. The summed E-state index contributed by atoms with van der Waals surface area (Å²) in [5, 5.41) is 19.0. The highest BCUT2D eigenvalue weighted by Gasteiger charge is 2.24. The topological polar surface area (TPSA) is 410 Å². The molecule has 0 bridgehead atoms. The average molecular weight is 2020 g/mol. The monoisotopic (exact) mass is 2020 g/mol. The first-order chi connectivity index (χ1) is 68.7. The van der Waals surface area contributed by atoms with Crippen molar-refractivity contribution in [1.29, 1.82) is 0 Å². The lowest BCUT2D eigenvalue weighted by molar-refractivity contribution is -0.138. The average Bonchev–Trinajstić information content (AvgIpc) is 1.61. The number of esters is 1. The van der Waals surface area contributed by atoms with Crippen LogP contribution in [0.4, 0.5) is 46.8 Å². The number of hydrogen-bond acceptors (Lipinski definition) is 32. The number of fused-ring (bicyclic) bond motifs is 6. The number of carboxylic acid groups (broad SMARTS) is 1. The van der Waals surface area contributed by atoms with Gasteiger partial charge in [0.2, 0.25) is 29.0 Å². The van der Waals surface area contributed by atoms with Crippen molar-refractivity contribution in [1.82, 2.24) is 39.7 Å². The Hall–Kier alpha value is -8.46. The maximum atomic E-state index is 13.6. The number of H-pyrrole nitrogens is 2. The number of phenols is 1. The first kappa shape index (κ1) is 121. The molecule has 0 aliphatic heterocycles. The van der Waals surface area contributed by atoms with E-state index in [9.17, 15) is 44.7 Å². The number of nitrogens with one attached hydrogen (secondary N) is 2. The fourth-order valence-electron chi connectivity index (χ4n) is 13.2. The zero-order valence-corrected chi connectivity index (χ0v) is 82.2. The van der Waals surface area contributed by atoms with E-state index in [4.69, 9.17) is 126 Å². The highest BCUT2D eigenvalue weighted by Crippen LogP contribution is 2.32. The van der Waals surface area contributed by atoms with Crippen molar-refractivity contribution in [3.8, 4) is 11.5 Å². The molecule has 0 aliphatic carbocycles. The number of benzene rings is 4. The molecule has 0 spiro atoms. The second kappa shape index (κ2) is 77.1.